The molecule has 2 atom stereocenters. The van der Waals surface area contributed by atoms with Crippen LogP contribution in [0.3, 0.4) is 0 Å². The molecule has 1 rings (SSSR count). The predicted octanol–water partition coefficient (Wildman–Crippen LogP) is 1.84. The summed E-state index contributed by atoms with van der Waals surface area (Å²) >= 11 is 0. The van der Waals surface area contributed by atoms with E-state index >= 15 is 0 Å². The average molecular weight is 286 g/mol. The predicted molar refractivity (Wildman–Crippen MR) is 75.7 cm³/mol. The molecule has 0 aromatic rings. The highest BCUT2D eigenvalue weighted by Crippen LogP contribution is 2.12. The summed E-state index contributed by atoms with van der Waals surface area (Å²) in [6.07, 6.45) is 4.30. The lowest BCUT2D eigenvalue weighted by Gasteiger charge is -2.35. The van der Waals surface area contributed by atoms with Crippen LogP contribution in [0.25, 0.3) is 0 Å². The minimum absolute atomic E-state index is 0.0718. The van der Waals surface area contributed by atoms with Gasteiger partial charge in [-0.1, -0.05) is 26.2 Å². The number of carbonyl (C=O) groups is 2. The van der Waals surface area contributed by atoms with Crippen molar-refractivity contribution >= 4 is 12.0 Å². The number of hydrogen-bond donors (Lipinski definition) is 2. The van der Waals surface area contributed by atoms with Gasteiger partial charge >= 0.3 is 12.0 Å². The Morgan fingerprint density at radius 2 is 2.20 bits per heavy atom. The third-order valence-corrected chi connectivity index (χ3v) is 3.51. The van der Waals surface area contributed by atoms with Crippen molar-refractivity contribution in [3.63, 3.8) is 0 Å². The molecule has 0 spiro atoms. The SMILES string of the molecule is CCCCCC(C)NC(=O)N1CCOCC1CC(=O)O. The first-order valence-electron chi connectivity index (χ1n) is 7.41. The smallest absolute Gasteiger partial charge is 0.318 e. The maximum Gasteiger partial charge on any atom is 0.318 e. The van der Waals surface area contributed by atoms with E-state index in [0.717, 1.165) is 19.3 Å². The summed E-state index contributed by atoms with van der Waals surface area (Å²) in [6.45, 7) is 5.34. The summed E-state index contributed by atoms with van der Waals surface area (Å²) < 4.78 is 5.26. The summed E-state index contributed by atoms with van der Waals surface area (Å²) in [5, 5.41) is 11.8. The molecule has 6 heteroatoms. The molecule has 0 aromatic carbocycles. The molecule has 1 heterocycles. The molecular weight excluding hydrogens is 260 g/mol. The lowest BCUT2D eigenvalue weighted by atomic mass is 10.1. The zero-order valence-corrected chi connectivity index (χ0v) is 12.4. The number of nitrogens with zero attached hydrogens (tertiary/aromatic N) is 1. The van der Waals surface area contributed by atoms with E-state index in [1.165, 1.54) is 6.42 Å². The third kappa shape index (κ3) is 5.77. The van der Waals surface area contributed by atoms with Crippen LogP contribution in [0, 0.1) is 0 Å². The van der Waals surface area contributed by atoms with Crippen molar-refractivity contribution in [2.24, 2.45) is 0 Å². The number of carboxylic acid groups (broad SMARTS) is 1. The molecule has 1 saturated heterocycles. The van der Waals surface area contributed by atoms with Crippen LogP contribution in [0.5, 0.6) is 0 Å². The maximum atomic E-state index is 12.2. The van der Waals surface area contributed by atoms with Crippen molar-refractivity contribution in [1.29, 1.82) is 0 Å². The number of rotatable bonds is 7. The van der Waals surface area contributed by atoms with E-state index in [1.807, 2.05) is 6.92 Å². The standard InChI is InChI=1S/C14H26N2O4/c1-3-4-5-6-11(2)15-14(19)16-7-8-20-10-12(16)9-13(17)18/h11-12H,3-10H2,1-2H3,(H,15,19)(H,17,18). The van der Waals surface area contributed by atoms with Gasteiger partial charge in [-0.25, -0.2) is 4.79 Å². The van der Waals surface area contributed by atoms with Crippen LogP contribution in [-0.2, 0) is 9.53 Å². The van der Waals surface area contributed by atoms with Gasteiger partial charge in [0.2, 0.25) is 0 Å². The third-order valence-electron chi connectivity index (χ3n) is 3.51. The summed E-state index contributed by atoms with van der Waals surface area (Å²) in [5.41, 5.74) is 0. The first-order valence-corrected chi connectivity index (χ1v) is 7.41. The van der Waals surface area contributed by atoms with Crippen LogP contribution < -0.4 is 5.32 Å². The van der Waals surface area contributed by atoms with Crippen molar-refractivity contribution in [3.8, 4) is 0 Å². The van der Waals surface area contributed by atoms with E-state index in [4.69, 9.17) is 9.84 Å². The highest BCUT2D eigenvalue weighted by Gasteiger charge is 2.29. The largest absolute Gasteiger partial charge is 0.481 e. The number of nitrogens with one attached hydrogen (secondary N) is 1. The van der Waals surface area contributed by atoms with E-state index < -0.39 is 5.97 Å². The van der Waals surface area contributed by atoms with E-state index in [-0.39, 0.29) is 24.5 Å². The van der Waals surface area contributed by atoms with E-state index in [2.05, 4.69) is 12.2 Å². The highest BCUT2D eigenvalue weighted by molar-refractivity contribution is 5.76. The second-order valence-electron chi connectivity index (χ2n) is 5.37. The number of amides is 2. The van der Waals surface area contributed by atoms with Gasteiger partial charge in [-0.2, -0.15) is 0 Å². The summed E-state index contributed by atoms with van der Waals surface area (Å²) in [5.74, 6) is -0.908. The number of morpholine rings is 1. The molecule has 20 heavy (non-hydrogen) atoms. The number of hydrogen-bond acceptors (Lipinski definition) is 3. The molecule has 0 aromatic heterocycles. The molecule has 6 nitrogen and oxygen atoms in total. The molecular formula is C14H26N2O4. The highest BCUT2D eigenvalue weighted by atomic mass is 16.5. The quantitative estimate of drug-likeness (QED) is 0.700. The number of ether oxygens (including phenoxy) is 1. The topological polar surface area (TPSA) is 78.9 Å². The van der Waals surface area contributed by atoms with Gasteiger partial charge in [-0.05, 0) is 13.3 Å². The molecule has 0 aliphatic carbocycles. The van der Waals surface area contributed by atoms with Gasteiger partial charge in [-0.3, -0.25) is 4.79 Å². The average Bonchev–Trinajstić information content (AvgIpc) is 2.38. The van der Waals surface area contributed by atoms with Gasteiger partial charge < -0.3 is 20.1 Å². The zero-order chi connectivity index (χ0) is 15.0. The van der Waals surface area contributed by atoms with Crippen LogP contribution in [-0.4, -0.2) is 53.8 Å². The monoisotopic (exact) mass is 286 g/mol. The molecule has 1 fully saturated rings. The second-order valence-corrected chi connectivity index (χ2v) is 5.37. The van der Waals surface area contributed by atoms with Crippen molar-refractivity contribution in [3.05, 3.63) is 0 Å². The van der Waals surface area contributed by atoms with Gasteiger partial charge in [0.25, 0.3) is 0 Å². The first-order chi connectivity index (χ1) is 9.54. The lowest BCUT2D eigenvalue weighted by Crippen LogP contribution is -2.54. The van der Waals surface area contributed by atoms with Crippen LogP contribution in [0.4, 0.5) is 4.79 Å². The van der Waals surface area contributed by atoms with Crippen LogP contribution in [0.15, 0.2) is 0 Å². The van der Waals surface area contributed by atoms with Crippen molar-refractivity contribution in [2.75, 3.05) is 19.8 Å². The summed E-state index contributed by atoms with van der Waals surface area (Å²) in [6, 6.07) is -0.435. The zero-order valence-electron chi connectivity index (χ0n) is 12.4. The van der Waals surface area contributed by atoms with Crippen LogP contribution in [0.1, 0.15) is 46.0 Å². The number of carboxylic acids is 1. The van der Waals surface area contributed by atoms with Crippen LogP contribution >= 0.6 is 0 Å². The van der Waals surface area contributed by atoms with Gasteiger partial charge in [-0.15, -0.1) is 0 Å². The number of carbonyl (C=O) groups excluding carboxylic acids is 1. The van der Waals surface area contributed by atoms with E-state index in [0.29, 0.717) is 19.8 Å². The summed E-state index contributed by atoms with van der Waals surface area (Å²) in [4.78, 5) is 24.6. The summed E-state index contributed by atoms with van der Waals surface area (Å²) in [7, 11) is 0. The van der Waals surface area contributed by atoms with Crippen LogP contribution in [0.2, 0.25) is 0 Å². The Kier molecular flexibility index (Phi) is 7.36. The van der Waals surface area contributed by atoms with Gasteiger partial charge in [0, 0.05) is 12.6 Å². The Morgan fingerprint density at radius 3 is 2.85 bits per heavy atom. The minimum Gasteiger partial charge on any atom is -0.481 e. The minimum atomic E-state index is -0.908. The fourth-order valence-electron chi connectivity index (χ4n) is 2.36. The molecule has 1 aliphatic heterocycles. The molecule has 116 valence electrons. The normalized spacial score (nSPS) is 20.5. The Labute approximate surface area is 120 Å². The van der Waals surface area contributed by atoms with Gasteiger partial charge in [0.15, 0.2) is 0 Å². The first kappa shape index (κ1) is 16.8. The molecule has 2 N–H and O–H groups in total. The fraction of sp³-hybridized carbons (Fsp3) is 0.857. The Hall–Kier alpha value is -1.30. The van der Waals surface area contributed by atoms with Crippen molar-refractivity contribution in [1.82, 2.24) is 10.2 Å². The number of unbranched alkanes of at least 4 members (excludes halogenated alkanes) is 2. The number of aliphatic carboxylic acids is 1. The number of urea groups is 1. The molecule has 0 saturated carbocycles. The fourth-order valence-corrected chi connectivity index (χ4v) is 2.36. The maximum absolute atomic E-state index is 12.2. The molecule has 1 aliphatic rings. The van der Waals surface area contributed by atoms with Gasteiger partial charge in [0.05, 0.1) is 25.7 Å². The Morgan fingerprint density at radius 1 is 1.45 bits per heavy atom. The lowest BCUT2D eigenvalue weighted by molar-refractivity contribution is -0.139. The van der Waals surface area contributed by atoms with E-state index in [9.17, 15) is 9.59 Å². The van der Waals surface area contributed by atoms with Crippen molar-refractivity contribution < 1.29 is 19.4 Å². The van der Waals surface area contributed by atoms with Gasteiger partial charge in [0.1, 0.15) is 0 Å². The van der Waals surface area contributed by atoms with E-state index in [1.54, 1.807) is 4.90 Å². The molecule has 2 amide bonds. The Balaban J connectivity index is 2.44. The molecule has 2 unspecified atom stereocenters. The molecule has 0 radical (unpaired) electrons. The van der Waals surface area contributed by atoms with Crippen molar-refractivity contribution in [2.45, 2.75) is 58.0 Å². The molecule has 0 bridgehead atoms. The Bertz CT molecular complexity index is 322. The second kappa shape index (κ2) is 8.79.